The predicted octanol–water partition coefficient (Wildman–Crippen LogP) is 7.21. The highest BCUT2D eigenvalue weighted by Crippen LogP contribution is 2.34. The molecule has 11 heteroatoms. The number of rotatable bonds is 17. The number of sulfonamides is 1. The first kappa shape index (κ1) is 36.9. The van der Waals surface area contributed by atoms with Crippen molar-refractivity contribution in [1.82, 2.24) is 5.32 Å². The fourth-order valence-corrected chi connectivity index (χ4v) is 5.73. The van der Waals surface area contributed by atoms with Crippen molar-refractivity contribution < 1.29 is 22.9 Å². The molecule has 0 radical (unpaired) electrons. The Morgan fingerprint density at radius 1 is 1.00 bits per heavy atom. The van der Waals surface area contributed by atoms with Crippen LogP contribution < -0.4 is 15.4 Å². The number of carbonyl (C=O) groups excluding carboxylic acids is 2. The summed E-state index contributed by atoms with van der Waals surface area (Å²) in [5.41, 5.74) is 1.75. The van der Waals surface area contributed by atoms with Crippen LogP contribution in [0.2, 0.25) is 0 Å². The van der Waals surface area contributed by atoms with Crippen LogP contribution in [0.1, 0.15) is 77.3 Å². The number of aryl methyl sites for hydroxylation is 1. The SMILES string of the molecule is CC=CCCC=CCCCC(C)(C)C(C)=C(C(=O)NCCC(=O)Nc1cccc(S(=O)(=O)Nc2cccc(C)c2C)c1)[N+](=O)[O-]. The Morgan fingerprint density at radius 2 is 1.67 bits per heavy atom. The summed E-state index contributed by atoms with van der Waals surface area (Å²) in [6.45, 7) is 10.9. The highest BCUT2D eigenvalue weighted by molar-refractivity contribution is 7.92. The Bertz CT molecular complexity index is 1560. The Balaban J connectivity index is 1.97. The van der Waals surface area contributed by atoms with Crippen molar-refractivity contribution in [2.75, 3.05) is 16.6 Å². The lowest BCUT2D eigenvalue weighted by Gasteiger charge is -2.25. The molecule has 0 aromatic heterocycles. The average Bonchev–Trinajstić information content (AvgIpc) is 2.96. The smallest absolute Gasteiger partial charge is 0.332 e. The minimum Gasteiger partial charge on any atom is -0.346 e. The molecule has 0 bridgehead atoms. The molecule has 0 saturated carbocycles. The van der Waals surface area contributed by atoms with Crippen LogP contribution in [0, 0.1) is 29.4 Å². The van der Waals surface area contributed by atoms with E-state index < -0.39 is 37.9 Å². The van der Waals surface area contributed by atoms with E-state index >= 15 is 0 Å². The van der Waals surface area contributed by atoms with E-state index in [1.165, 1.54) is 18.2 Å². The van der Waals surface area contributed by atoms with Crippen molar-refractivity contribution in [3.63, 3.8) is 0 Å². The van der Waals surface area contributed by atoms with Gasteiger partial charge in [0, 0.05) is 24.2 Å². The van der Waals surface area contributed by atoms with E-state index in [4.69, 9.17) is 0 Å². The van der Waals surface area contributed by atoms with Crippen LogP contribution in [0.4, 0.5) is 11.4 Å². The lowest BCUT2D eigenvalue weighted by Crippen LogP contribution is -2.33. The molecule has 0 saturated heterocycles. The lowest BCUT2D eigenvalue weighted by atomic mass is 9.79. The number of anilines is 2. The van der Waals surface area contributed by atoms with Gasteiger partial charge in [-0.2, -0.15) is 0 Å². The first-order valence-corrected chi connectivity index (χ1v) is 16.6. The maximum Gasteiger partial charge on any atom is 0.332 e. The van der Waals surface area contributed by atoms with E-state index in [2.05, 4.69) is 33.6 Å². The minimum absolute atomic E-state index is 0.0335. The molecule has 0 aliphatic heterocycles. The van der Waals surface area contributed by atoms with Gasteiger partial charge in [-0.05, 0) is 101 Å². The Kier molecular flexibility index (Phi) is 14.2. The lowest BCUT2D eigenvalue weighted by molar-refractivity contribution is -0.421. The molecular weight excluding hydrogens is 592 g/mol. The van der Waals surface area contributed by atoms with Crippen LogP contribution >= 0.6 is 0 Å². The Morgan fingerprint density at radius 3 is 2.36 bits per heavy atom. The minimum atomic E-state index is -3.92. The van der Waals surface area contributed by atoms with Gasteiger partial charge in [0.1, 0.15) is 0 Å². The summed E-state index contributed by atoms with van der Waals surface area (Å²) in [6, 6.07) is 11.1. The molecule has 244 valence electrons. The molecule has 0 unspecified atom stereocenters. The topological polar surface area (TPSA) is 148 Å². The van der Waals surface area contributed by atoms with E-state index in [9.17, 15) is 28.1 Å². The monoisotopic (exact) mass is 638 g/mol. The maximum atomic E-state index is 13.0. The van der Waals surface area contributed by atoms with Gasteiger partial charge in [0.05, 0.1) is 15.5 Å². The van der Waals surface area contributed by atoms with Crippen molar-refractivity contribution in [3.05, 3.63) is 99.3 Å². The fourth-order valence-electron chi connectivity index (χ4n) is 4.56. The van der Waals surface area contributed by atoms with E-state index in [-0.39, 0.29) is 23.5 Å². The highest BCUT2D eigenvalue weighted by Gasteiger charge is 2.33. The molecule has 0 aliphatic rings. The van der Waals surface area contributed by atoms with Gasteiger partial charge >= 0.3 is 11.6 Å². The number of unbranched alkanes of at least 4 members (excludes halogenated alkanes) is 2. The van der Waals surface area contributed by atoms with Gasteiger partial charge in [0.15, 0.2) is 0 Å². The number of allylic oxidation sites excluding steroid dienone is 5. The zero-order valence-electron chi connectivity index (χ0n) is 27.1. The molecule has 3 N–H and O–H groups in total. The molecule has 0 aliphatic carbocycles. The van der Waals surface area contributed by atoms with E-state index in [1.807, 2.05) is 46.8 Å². The number of carbonyl (C=O) groups is 2. The molecule has 2 aromatic carbocycles. The van der Waals surface area contributed by atoms with Crippen molar-refractivity contribution >= 4 is 33.2 Å². The van der Waals surface area contributed by atoms with E-state index in [1.54, 1.807) is 25.1 Å². The van der Waals surface area contributed by atoms with Gasteiger partial charge in [-0.1, -0.05) is 56.4 Å². The van der Waals surface area contributed by atoms with Gasteiger partial charge in [-0.15, -0.1) is 0 Å². The van der Waals surface area contributed by atoms with Crippen molar-refractivity contribution in [2.24, 2.45) is 5.41 Å². The van der Waals surface area contributed by atoms with Gasteiger partial charge in [-0.3, -0.25) is 24.4 Å². The van der Waals surface area contributed by atoms with Crippen LogP contribution in [0.5, 0.6) is 0 Å². The van der Waals surface area contributed by atoms with Gasteiger partial charge < -0.3 is 10.6 Å². The molecule has 0 fully saturated rings. The number of nitrogens with zero attached hydrogens (tertiary/aromatic N) is 1. The molecule has 0 spiro atoms. The molecule has 2 amide bonds. The second-order valence-electron chi connectivity index (χ2n) is 11.6. The summed E-state index contributed by atoms with van der Waals surface area (Å²) >= 11 is 0. The van der Waals surface area contributed by atoms with E-state index in [0.717, 1.165) is 36.8 Å². The second-order valence-corrected chi connectivity index (χ2v) is 13.2. The third-order valence-corrected chi connectivity index (χ3v) is 9.12. The maximum absolute atomic E-state index is 13.0. The van der Waals surface area contributed by atoms with Crippen molar-refractivity contribution in [1.29, 1.82) is 0 Å². The number of hydrogen-bond acceptors (Lipinski definition) is 6. The first-order chi connectivity index (χ1) is 21.2. The fraction of sp³-hybridized carbons (Fsp3) is 0.412. The Hall–Kier alpha value is -4.25. The van der Waals surface area contributed by atoms with Crippen LogP contribution in [-0.2, 0) is 19.6 Å². The zero-order valence-corrected chi connectivity index (χ0v) is 27.9. The summed E-state index contributed by atoms with van der Waals surface area (Å²) in [5.74, 6) is -1.34. The third-order valence-electron chi connectivity index (χ3n) is 7.76. The highest BCUT2D eigenvalue weighted by atomic mass is 32.2. The molecule has 10 nitrogen and oxygen atoms in total. The first-order valence-electron chi connectivity index (χ1n) is 15.1. The van der Waals surface area contributed by atoms with E-state index in [0.29, 0.717) is 17.7 Å². The molecule has 0 heterocycles. The number of hydrogen-bond donors (Lipinski definition) is 3. The number of benzene rings is 2. The van der Waals surface area contributed by atoms with Crippen LogP contribution in [-0.4, -0.2) is 31.7 Å². The van der Waals surface area contributed by atoms with Gasteiger partial charge in [0.2, 0.25) is 5.91 Å². The average molecular weight is 639 g/mol. The second kappa shape index (κ2) is 17.3. The Labute approximate surface area is 267 Å². The van der Waals surface area contributed by atoms with Crippen LogP contribution in [0.3, 0.4) is 0 Å². The molecule has 2 rings (SSSR count). The molecule has 0 atom stereocenters. The summed E-state index contributed by atoms with van der Waals surface area (Å²) in [6.07, 6.45) is 12.5. The molecular formula is C34H46N4O6S. The largest absolute Gasteiger partial charge is 0.346 e. The van der Waals surface area contributed by atoms with Gasteiger partial charge in [-0.25, -0.2) is 8.42 Å². The summed E-state index contributed by atoms with van der Waals surface area (Å²) in [5, 5.41) is 17.0. The quantitative estimate of drug-likeness (QED) is 0.0548. The summed E-state index contributed by atoms with van der Waals surface area (Å²) in [7, 11) is -3.92. The van der Waals surface area contributed by atoms with Crippen molar-refractivity contribution in [2.45, 2.75) is 85.0 Å². The normalized spacial score (nSPS) is 12.7. The van der Waals surface area contributed by atoms with Crippen LogP contribution in [0.25, 0.3) is 0 Å². The summed E-state index contributed by atoms with van der Waals surface area (Å²) in [4.78, 5) is 36.6. The summed E-state index contributed by atoms with van der Waals surface area (Å²) < 4.78 is 28.6. The number of nitro groups is 1. The number of nitrogens with one attached hydrogen (secondary N) is 3. The molecule has 45 heavy (non-hydrogen) atoms. The van der Waals surface area contributed by atoms with Gasteiger partial charge in [0.25, 0.3) is 10.0 Å². The van der Waals surface area contributed by atoms with Crippen molar-refractivity contribution in [3.8, 4) is 0 Å². The van der Waals surface area contributed by atoms with Crippen LogP contribution in [0.15, 0.2) is 82.9 Å². The zero-order chi connectivity index (χ0) is 33.6. The molecule has 2 aromatic rings. The standard InChI is InChI=1S/C34H46N4O6S/c1-7-8-9-10-11-12-13-14-22-34(5,6)27(4)32(38(41)42)33(40)35-23-21-31(39)36-28-18-16-19-29(24-28)45(43,44)37-30-20-15-17-25(2)26(30)3/h7-8,11-12,15-20,24,37H,9-10,13-14,21-23H2,1-6H3,(H,35,40)(H,36,39). The third kappa shape index (κ3) is 11.6. The number of amides is 2. The predicted molar refractivity (Wildman–Crippen MR) is 180 cm³/mol.